The Morgan fingerprint density at radius 2 is 1.70 bits per heavy atom. The van der Waals surface area contributed by atoms with Gasteiger partial charge in [-0.15, -0.1) is 0 Å². The van der Waals surface area contributed by atoms with Crippen LogP contribution in [0, 0.1) is 0 Å². The lowest BCUT2D eigenvalue weighted by Gasteiger charge is -2.13. The third-order valence-corrected chi connectivity index (χ3v) is 4.25. The van der Waals surface area contributed by atoms with Gasteiger partial charge in [-0.1, -0.05) is 65.7 Å². The van der Waals surface area contributed by atoms with Gasteiger partial charge in [0.05, 0.1) is 10.0 Å². The Bertz CT molecular complexity index is 540. The fourth-order valence-corrected chi connectivity index (χ4v) is 2.70. The molecule has 1 nitrogen and oxygen atoms in total. The molecule has 1 unspecified atom stereocenters. The summed E-state index contributed by atoms with van der Waals surface area (Å²) in [5.41, 5.74) is 8.58. The van der Waals surface area contributed by atoms with Gasteiger partial charge in [0, 0.05) is 6.04 Å². The van der Waals surface area contributed by atoms with Crippen LogP contribution in [0.25, 0.3) is 0 Å². The third kappa shape index (κ3) is 4.52. The first-order valence-electron chi connectivity index (χ1n) is 6.89. The Labute approximate surface area is 130 Å². The molecule has 0 radical (unpaired) electrons. The van der Waals surface area contributed by atoms with Crippen molar-refractivity contribution in [3.8, 4) is 0 Å². The molecule has 106 valence electrons. The second kappa shape index (κ2) is 7.68. The van der Waals surface area contributed by atoms with Crippen LogP contribution in [-0.4, -0.2) is 6.04 Å². The smallest absolute Gasteiger partial charge is 0.0624 e. The topological polar surface area (TPSA) is 26.0 Å². The van der Waals surface area contributed by atoms with Gasteiger partial charge in [-0.05, 0) is 42.9 Å². The van der Waals surface area contributed by atoms with E-state index in [1.807, 2.05) is 18.2 Å². The van der Waals surface area contributed by atoms with Gasteiger partial charge in [0.25, 0.3) is 0 Å². The zero-order valence-electron chi connectivity index (χ0n) is 11.4. The first-order valence-corrected chi connectivity index (χ1v) is 7.65. The van der Waals surface area contributed by atoms with Crippen molar-refractivity contribution in [1.29, 1.82) is 0 Å². The molecule has 0 spiro atoms. The quantitative estimate of drug-likeness (QED) is 0.808. The SMILES string of the molecule is NC(CCCc1ccccc1)Cc1cccc(Cl)c1Cl. The van der Waals surface area contributed by atoms with E-state index < -0.39 is 0 Å². The summed E-state index contributed by atoms with van der Waals surface area (Å²) in [5.74, 6) is 0. The summed E-state index contributed by atoms with van der Waals surface area (Å²) >= 11 is 12.2. The van der Waals surface area contributed by atoms with E-state index >= 15 is 0 Å². The van der Waals surface area contributed by atoms with Gasteiger partial charge in [0.1, 0.15) is 0 Å². The fourth-order valence-electron chi connectivity index (χ4n) is 2.30. The molecule has 1 atom stereocenters. The lowest BCUT2D eigenvalue weighted by Crippen LogP contribution is -2.23. The number of aryl methyl sites for hydroxylation is 1. The molecule has 0 aliphatic heterocycles. The summed E-state index contributed by atoms with van der Waals surface area (Å²) in [7, 11) is 0. The summed E-state index contributed by atoms with van der Waals surface area (Å²) < 4.78 is 0. The number of benzene rings is 2. The number of nitrogens with two attached hydrogens (primary N) is 1. The Hall–Kier alpha value is -1.02. The number of hydrogen-bond donors (Lipinski definition) is 1. The highest BCUT2D eigenvalue weighted by Gasteiger charge is 2.09. The lowest BCUT2D eigenvalue weighted by molar-refractivity contribution is 0.580. The maximum atomic E-state index is 6.19. The normalized spacial score (nSPS) is 12.3. The molecular formula is C17H19Cl2N. The Kier molecular flexibility index (Phi) is 5.90. The van der Waals surface area contributed by atoms with E-state index in [-0.39, 0.29) is 6.04 Å². The highest BCUT2D eigenvalue weighted by molar-refractivity contribution is 6.42. The van der Waals surface area contributed by atoms with E-state index in [2.05, 4.69) is 24.3 Å². The predicted molar refractivity (Wildman–Crippen MR) is 87.5 cm³/mol. The van der Waals surface area contributed by atoms with Gasteiger partial charge >= 0.3 is 0 Å². The van der Waals surface area contributed by atoms with Crippen LogP contribution in [0.4, 0.5) is 0 Å². The zero-order valence-corrected chi connectivity index (χ0v) is 12.9. The average molecular weight is 308 g/mol. The molecule has 0 saturated carbocycles. The van der Waals surface area contributed by atoms with Gasteiger partial charge in [-0.3, -0.25) is 0 Å². The van der Waals surface area contributed by atoms with E-state index in [4.69, 9.17) is 28.9 Å². The Morgan fingerprint density at radius 1 is 0.950 bits per heavy atom. The van der Waals surface area contributed by atoms with Gasteiger partial charge < -0.3 is 5.73 Å². The van der Waals surface area contributed by atoms with Crippen molar-refractivity contribution in [3.05, 3.63) is 69.7 Å². The Balaban J connectivity index is 1.81. The second-order valence-electron chi connectivity index (χ2n) is 5.05. The highest BCUT2D eigenvalue weighted by Crippen LogP contribution is 2.26. The fraction of sp³-hybridized carbons (Fsp3) is 0.294. The minimum Gasteiger partial charge on any atom is -0.327 e. The largest absolute Gasteiger partial charge is 0.327 e. The third-order valence-electron chi connectivity index (χ3n) is 3.40. The molecule has 0 saturated heterocycles. The van der Waals surface area contributed by atoms with Gasteiger partial charge in [0.15, 0.2) is 0 Å². The molecule has 2 aromatic rings. The van der Waals surface area contributed by atoms with Crippen LogP contribution >= 0.6 is 23.2 Å². The molecule has 0 heterocycles. The van der Waals surface area contributed by atoms with Crippen molar-refractivity contribution in [1.82, 2.24) is 0 Å². The van der Waals surface area contributed by atoms with Gasteiger partial charge in [0.2, 0.25) is 0 Å². The van der Waals surface area contributed by atoms with E-state index in [9.17, 15) is 0 Å². The van der Waals surface area contributed by atoms with Crippen LogP contribution in [-0.2, 0) is 12.8 Å². The molecule has 0 amide bonds. The van der Waals surface area contributed by atoms with Crippen LogP contribution in [0.1, 0.15) is 24.0 Å². The van der Waals surface area contributed by atoms with Crippen molar-refractivity contribution in [2.24, 2.45) is 5.73 Å². The van der Waals surface area contributed by atoms with Gasteiger partial charge in [-0.25, -0.2) is 0 Å². The second-order valence-corrected chi connectivity index (χ2v) is 5.84. The van der Waals surface area contributed by atoms with E-state index in [1.165, 1.54) is 5.56 Å². The molecule has 2 N–H and O–H groups in total. The van der Waals surface area contributed by atoms with Crippen LogP contribution in [0.3, 0.4) is 0 Å². The number of halogens is 2. The monoisotopic (exact) mass is 307 g/mol. The minimum atomic E-state index is 0.120. The van der Waals surface area contributed by atoms with Crippen LogP contribution in [0.2, 0.25) is 10.0 Å². The molecule has 0 aliphatic carbocycles. The van der Waals surface area contributed by atoms with Crippen LogP contribution in [0.15, 0.2) is 48.5 Å². The summed E-state index contributed by atoms with van der Waals surface area (Å²) in [6.45, 7) is 0. The number of rotatable bonds is 6. The van der Waals surface area contributed by atoms with E-state index in [0.717, 1.165) is 31.2 Å². The maximum absolute atomic E-state index is 6.19. The summed E-state index contributed by atoms with van der Waals surface area (Å²) in [5, 5.41) is 1.23. The predicted octanol–water partition coefficient (Wildman–Crippen LogP) is 4.89. The van der Waals surface area contributed by atoms with Crippen molar-refractivity contribution in [2.75, 3.05) is 0 Å². The van der Waals surface area contributed by atoms with Crippen LogP contribution < -0.4 is 5.73 Å². The summed E-state index contributed by atoms with van der Waals surface area (Å²) in [4.78, 5) is 0. The highest BCUT2D eigenvalue weighted by atomic mass is 35.5. The molecule has 0 aliphatic rings. The number of hydrogen-bond acceptors (Lipinski definition) is 1. The molecule has 3 heteroatoms. The minimum absolute atomic E-state index is 0.120. The molecule has 2 aromatic carbocycles. The Morgan fingerprint density at radius 3 is 2.45 bits per heavy atom. The zero-order chi connectivity index (χ0) is 14.4. The first-order chi connectivity index (χ1) is 9.66. The maximum Gasteiger partial charge on any atom is 0.0624 e. The molecule has 0 bridgehead atoms. The van der Waals surface area contributed by atoms with Crippen molar-refractivity contribution < 1.29 is 0 Å². The van der Waals surface area contributed by atoms with Crippen molar-refractivity contribution in [3.63, 3.8) is 0 Å². The standard InChI is InChI=1S/C17H19Cl2N/c18-16-11-5-9-14(17(16)19)12-15(20)10-4-8-13-6-2-1-3-7-13/h1-3,5-7,9,11,15H,4,8,10,12,20H2. The molecular weight excluding hydrogens is 289 g/mol. The summed E-state index contributed by atoms with van der Waals surface area (Å²) in [6.07, 6.45) is 3.91. The van der Waals surface area contributed by atoms with E-state index in [0.29, 0.717) is 10.0 Å². The lowest BCUT2D eigenvalue weighted by atomic mass is 10.00. The van der Waals surface area contributed by atoms with Crippen molar-refractivity contribution >= 4 is 23.2 Å². The molecule has 0 aromatic heterocycles. The molecule has 20 heavy (non-hydrogen) atoms. The van der Waals surface area contributed by atoms with Gasteiger partial charge in [-0.2, -0.15) is 0 Å². The molecule has 2 rings (SSSR count). The average Bonchev–Trinajstić information content (AvgIpc) is 2.45. The molecule has 0 fully saturated rings. The summed E-state index contributed by atoms with van der Waals surface area (Å²) in [6, 6.07) is 16.3. The first kappa shape index (κ1) is 15.4. The van der Waals surface area contributed by atoms with Crippen molar-refractivity contribution in [2.45, 2.75) is 31.7 Å². The van der Waals surface area contributed by atoms with Crippen LogP contribution in [0.5, 0.6) is 0 Å². The van der Waals surface area contributed by atoms with E-state index in [1.54, 1.807) is 6.07 Å².